The van der Waals surface area contributed by atoms with Crippen LogP contribution in [-0.4, -0.2) is 27.6 Å². The summed E-state index contributed by atoms with van der Waals surface area (Å²) < 4.78 is 0. The van der Waals surface area contributed by atoms with Crippen molar-refractivity contribution in [3.63, 3.8) is 0 Å². The van der Waals surface area contributed by atoms with Crippen LogP contribution in [0.3, 0.4) is 0 Å². The Morgan fingerprint density at radius 2 is 1.33 bits per heavy atom. The quantitative estimate of drug-likeness (QED) is 0.762. The minimum atomic E-state index is -1.13. The van der Waals surface area contributed by atoms with E-state index in [0.29, 0.717) is 0 Å². The van der Waals surface area contributed by atoms with Gasteiger partial charge in [0.25, 0.3) is 0 Å². The standard InChI is InChI=1S/C8H6O4.C3H8.ClH.H3N.H2O/c9-7(10)5-2-1-3-6(4-5)8(11)12;1-3-2;;;/h1-4H,(H,9,10)(H,11,12);3H2,1-2H3;1H;1H3;1H2. The lowest BCUT2D eigenvalue weighted by molar-refractivity contribution is 0.0696. The van der Waals surface area contributed by atoms with Gasteiger partial charge in [-0.15, -0.1) is 12.4 Å². The average molecular weight is 282 g/mol. The molecular weight excluding hydrogens is 262 g/mol. The molecule has 0 saturated carbocycles. The summed E-state index contributed by atoms with van der Waals surface area (Å²) >= 11 is 0. The van der Waals surface area contributed by atoms with Crippen LogP contribution in [0, 0.1) is 0 Å². The van der Waals surface area contributed by atoms with E-state index in [1.165, 1.54) is 24.6 Å². The zero-order chi connectivity index (χ0) is 11.8. The third-order valence-corrected chi connectivity index (χ3v) is 1.36. The van der Waals surface area contributed by atoms with E-state index in [9.17, 15) is 9.59 Å². The molecule has 0 spiro atoms. The zero-order valence-corrected chi connectivity index (χ0v) is 11.2. The van der Waals surface area contributed by atoms with Crippen LogP contribution in [0.1, 0.15) is 41.0 Å². The molecule has 106 valence electrons. The van der Waals surface area contributed by atoms with Crippen molar-refractivity contribution in [3.8, 4) is 0 Å². The lowest BCUT2D eigenvalue weighted by Gasteiger charge is -1.95. The molecule has 0 heterocycles. The lowest BCUT2D eigenvalue weighted by atomic mass is 10.1. The van der Waals surface area contributed by atoms with Crippen LogP contribution in [-0.2, 0) is 0 Å². The second kappa shape index (κ2) is 13.4. The van der Waals surface area contributed by atoms with Crippen LogP contribution in [0.5, 0.6) is 0 Å². The highest BCUT2D eigenvalue weighted by Crippen LogP contribution is 2.04. The minimum absolute atomic E-state index is 0. The number of aromatic carboxylic acids is 2. The molecule has 0 fully saturated rings. The van der Waals surface area contributed by atoms with Crippen LogP contribution in [0.4, 0.5) is 0 Å². The molecule has 7 N–H and O–H groups in total. The predicted molar refractivity (Wildman–Crippen MR) is 72.2 cm³/mol. The third-order valence-electron chi connectivity index (χ3n) is 1.36. The predicted octanol–water partition coefficient (Wildman–Crippen LogP) is 2.26. The van der Waals surface area contributed by atoms with Gasteiger partial charge in [-0.3, -0.25) is 0 Å². The van der Waals surface area contributed by atoms with E-state index in [1.54, 1.807) is 0 Å². The molecule has 1 rings (SSSR count). The molecule has 0 aliphatic heterocycles. The Labute approximate surface area is 112 Å². The van der Waals surface area contributed by atoms with Gasteiger partial charge < -0.3 is 21.8 Å². The number of halogens is 1. The summed E-state index contributed by atoms with van der Waals surface area (Å²) in [5, 5.41) is 17.0. The number of hydrogen-bond acceptors (Lipinski definition) is 3. The fourth-order valence-electron chi connectivity index (χ4n) is 0.785. The van der Waals surface area contributed by atoms with Crippen molar-refractivity contribution in [1.29, 1.82) is 0 Å². The third kappa shape index (κ3) is 9.59. The maximum absolute atomic E-state index is 10.4. The Kier molecular flexibility index (Phi) is 18.9. The lowest BCUT2D eigenvalue weighted by Crippen LogP contribution is -2.01. The van der Waals surface area contributed by atoms with Gasteiger partial charge in [-0.05, 0) is 18.2 Å². The van der Waals surface area contributed by atoms with Crippen LogP contribution >= 0.6 is 12.4 Å². The number of carboxylic acids is 2. The van der Waals surface area contributed by atoms with Crippen LogP contribution in [0.25, 0.3) is 0 Å². The summed E-state index contributed by atoms with van der Waals surface area (Å²) in [7, 11) is 0. The Balaban J connectivity index is -0.000000149. The maximum atomic E-state index is 10.4. The summed E-state index contributed by atoms with van der Waals surface area (Å²) in [4.78, 5) is 20.8. The fourth-order valence-corrected chi connectivity index (χ4v) is 0.785. The van der Waals surface area contributed by atoms with Crippen LogP contribution in [0.15, 0.2) is 24.3 Å². The van der Waals surface area contributed by atoms with E-state index in [2.05, 4.69) is 13.8 Å². The number of carbonyl (C=O) groups is 2. The first-order valence-electron chi connectivity index (χ1n) is 4.59. The van der Waals surface area contributed by atoms with Gasteiger partial charge >= 0.3 is 11.9 Å². The molecule has 0 saturated heterocycles. The van der Waals surface area contributed by atoms with E-state index in [4.69, 9.17) is 10.2 Å². The number of rotatable bonds is 2. The Morgan fingerprint density at radius 1 is 1.06 bits per heavy atom. The Bertz CT molecular complexity index is 328. The van der Waals surface area contributed by atoms with Crippen molar-refractivity contribution < 1.29 is 25.3 Å². The van der Waals surface area contributed by atoms with Gasteiger partial charge in [0, 0.05) is 0 Å². The molecule has 6 nitrogen and oxygen atoms in total. The molecule has 0 amide bonds. The molecule has 0 unspecified atom stereocenters. The van der Waals surface area contributed by atoms with Crippen molar-refractivity contribution in [2.45, 2.75) is 20.3 Å². The van der Waals surface area contributed by atoms with E-state index in [0.717, 1.165) is 6.07 Å². The van der Waals surface area contributed by atoms with E-state index >= 15 is 0 Å². The first-order chi connectivity index (χ1) is 7.02. The van der Waals surface area contributed by atoms with Gasteiger partial charge in [-0.25, -0.2) is 9.59 Å². The van der Waals surface area contributed by atoms with Gasteiger partial charge in [0.05, 0.1) is 11.1 Å². The van der Waals surface area contributed by atoms with E-state index in [1.807, 2.05) is 0 Å². The Morgan fingerprint density at radius 3 is 1.56 bits per heavy atom. The second-order valence-electron chi connectivity index (χ2n) is 2.90. The number of benzene rings is 1. The molecule has 1 aromatic carbocycles. The molecule has 0 aromatic heterocycles. The van der Waals surface area contributed by atoms with Crippen LogP contribution in [0.2, 0.25) is 0 Å². The minimum Gasteiger partial charge on any atom is -0.478 e. The normalized spacial score (nSPS) is 7.22. The van der Waals surface area contributed by atoms with Crippen molar-refractivity contribution in [3.05, 3.63) is 35.4 Å². The van der Waals surface area contributed by atoms with Gasteiger partial charge in [-0.2, -0.15) is 0 Å². The van der Waals surface area contributed by atoms with Gasteiger partial charge in [0.1, 0.15) is 0 Å². The van der Waals surface area contributed by atoms with Crippen molar-refractivity contribution in [2.24, 2.45) is 0 Å². The zero-order valence-electron chi connectivity index (χ0n) is 10.3. The number of carboxylic acid groups (broad SMARTS) is 2. The molecule has 0 bridgehead atoms. The smallest absolute Gasteiger partial charge is 0.335 e. The van der Waals surface area contributed by atoms with Crippen molar-refractivity contribution in [1.82, 2.24) is 6.15 Å². The highest BCUT2D eigenvalue weighted by molar-refractivity contribution is 5.93. The van der Waals surface area contributed by atoms with Gasteiger partial charge in [0.2, 0.25) is 0 Å². The summed E-state index contributed by atoms with van der Waals surface area (Å²) in [6.45, 7) is 4.25. The first kappa shape index (κ1) is 25.3. The fraction of sp³-hybridized carbons (Fsp3) is 0.273. The van der Waals surface area contributed by atoms with Crippen molar-refractivity contribution in [2.75, 3.05) is 0 Å². The van der Waals surface area contributed by atoms with Crippen molar-refractivity contribution >= 4 is 24.3 Å². The summed E-state index contributed by atoms with van der Waals surface area (Å²) in [5.74, 6) is -2.25. The molecule has 0 aliphatic carbocycles. The Hall–Kier alpha value is -1.63. The first-order valence-corrected chi connectivity index (χ1v) is 4.59. The van der Waals surface area contributed by atoms with E-state index in [-0.39, 0.29) is 35.2 Å². The van der Waals surface area contributed by atoms with E-state index < -0.39 is 11.9 Å². The van der Waals surface area contributed by atoms with Crippen LogP contribution < -0.4 is 6.15 Å². The maximum Gasteiger partial charge on any atom is 0.335 e. The molecule has 18 heavy (non-hydrogen) atoms. The molecule has 0 atom stereocenters. The molecule has 7 heteroatoms. The highest BCUT2D eigenvalue weighted by Gasteiger charge is 2.06. The SMILES string of the molecule is CCC.Cl.N.O.O=C(O)c1cccc(C(=O)O)c1. The molecule has 1 aromatic rings. The summed E-state index contributed by atoms with van der Waals surface area (Å²) in [5.41, 5.74) is -0.0372. The molecule has 0 aliphatic rings. The van der Waals surface area contributed by atoms with Gasteiger partial charge in [-0.1, -0.05) is 26.3 Å². The largest absolute Gasteiger partial charge is 0.478 e. The highest BCUT2D eigenvalue weighted by atomic mass is 35.5. The average Bonchev–Trinajstić information content (AvgIpc) is 2.19. The molecule has 0 radical (unpaired) electrons. The monoisotopic (exact) mass is 281 g/mol. The topological polar surface area (TPSA) is 141 Å². The summed E-state index contributed by atoms with van der Waals surface area (Å²) in [6, 6.07) is 5.20. The number of hydrogen-bond donors (Lipinski definition) is 3. The molecular formula is C11H20ClNO5. The second-order valence-corrected chi connectivity index (χ2v) is 2.90. The van der Waals surface area contributed by atoms with Gasteiger partial charge in [0.15, 0.2) is 0 Å². The summed E-state index contributed by atoms with van der Waals surface area (Å²) in [6.07, 6.45) is 1.25.